The molecule has 0 saturated heterocycles. The molecule has 8 heteroatoms. The second-order valence-electron chi connectivity index (χ2n) is 4.44. The van der Waals surface area contributed by atoms with Crippen LogP contribution in [0.15, 0.2) is 22.8 Å². The first kappa shape index (κ1) is 13.9. The highest BCUT2D eigenvalue weighted by Gasteiger charge is 2.24. The first-order valence-corrected chi connectivity index (χ1v) is 7.07. The fraction of sp³-hybridized carbons (Fsp3) is 0.0714. The zero-order valence-corrected chi connectivity index (χ0v) is 12.3. The van der Waals surface area contributed by atoms with Gasteiger partial charge >= 0.3 is 0 Å². The number of nitrogens with one attached hydrogen (secondary N) is 1. The van der Waals surface area contributed by atoms with Gasteiger partial charge in [0.15, 0.2) is 0 Å². The summed E-state index contributed by atoms with van der Waals surface area (Å²) >= 11 is 1.12. The van der Waals surface area contributed by atoms with Crippen LogP contribution in [-0.2, 0) is 0 Å². The van der Waals surface area contributed by atoms with Crippen LogP contribution >= 0.6 is 11.3 Å². The molecule has 0 fully saturated rings. The number of pyridine rings is 1. The standard InChI is InChI=1S/C14H11N5O2S/c1-18-13(20)11-10(16)9-8(7-3-2-4-21-7)6(5-15)12(17)19-14(9)22-11/h2-4H,16H2,1H3,(H2,17,19)(H,18,20). The quantitative estimate of drug-likeness (QED) is 0.662. The van der Waals surface area contributed by atoms with E-state index in [-0.39, 0.29) is 23.0 Å². The Morgan fingerprint density at radius 3 is 2.86 bits per heavy atom. The molecule has 1 amide bonds. The third-order valence-electron chi connectivity index (χ3n) is 3.22. The molecular formula is C14H11N5O2S. The average Bonchev–Trinajstić information content (AvgIpc) is 3.14. The van der Waals surface area contributed by atoms with E-state index in [1.807, 2.05) is 6.07 Å². The number of nitrogens with zero attached hydrogens (tertiary/aromatic N) is 2. The van der Waals surface area contributed by atoms with Gasteiger partial charge in [0, 0.05) is 12.4 Å². The second kappa shape index (κ2) is 5.05. The van der Waals surface area contributed by atoms with E-state index in [0.29, 0.717) is 26.4 Å². The van der Waals surface area contributed by atoms with Gasteiger partial charge in [0.25, 0.3) is 5.91 Å². The zero-order chi connectivity index (χ0) is 15.9. The Hall–Kier alpha value is -3.05. The lowest BCUT2D eigenvalue weighted by atomic mass is 10.0. The highest BCUT2D eigenvalue weighted by atomic mass is 32.1. The molecule has 0 spiro atoms. The Balaban J connectivity index is 2.47. The molecule has 5 N–H and O–H groups in total. The summed E-state index contributed by atoms with van der Waals surface area (Å²) in [5.74, 6) is 0.206. The van der Waals surface area contributed by atoms with Crippen LogP contribution in [0.3, 0.4) is 0 Å². The molecule has 0 unspecified atom stereocenters. The molecule has 0 atom stereocenters. The molecule has 0 aliphatic rings. The molecular weight excluding hydrogens is 302 g/mol. The van der Waals surface area contributed by atoms with Crippen LogP contribution in [0.5, 0.6) is 0 Å². The summed E-state index contributed by atoms with van der Waals surface area (Å²) in [4.78, 5) is 16.9. The first-order chi connectivity index (χ1) is 10.6. The highest BCUT2D eigenvalue weighted by Crippen LogP contribution is 2.42. The minimum Gasteiger partial charge on any atom is -0.464 e. The van der Waals surface area contributed by atoms with Crippen molar-refractivity contribution in [3.8, 4) is 17.4 Å². The lowest BCUT2D eigenvalue weighted by molar-refractivity contribution is 0.0968. The highest BCUT2D eigenvalue weighted by molar-refractivity contribution is 7.21. The number of carbonyl (C=O) groups excluding carboxylic acids is 1. The van der Waals surface area contributed by atoms with E-state index in [1.54, 1.807) is 12.1 Å². The molecule has 110 valence electrons. The first-order valence-electron chi connectivity index (χ1n) is 6.26. The van der Waals surface area contributed by atoms with E-state index in [1.165, 1.54) is 13.3 Å². The van der Waals surface area contributed by atoms with Crippen LogP contribution in [0.1, 0.15) is 15.2 Å². The van der Waals surface area contributed by atoms with Gasteiger partial charge < -0.3 is 21.2 Å². The van der Waals surface area contributed by atoms with Crippen LogP contribution in [0, 0.1) is 11.3 Å². The number of hydrogen-bond acceptors (Lipinski definition) is 7. The number of carbonyl (C=O) groups is 1. The maximum Gasteiger partial charge on any atom is 0.263 e. The predicted octanol–water partition coefficient (Wildman–Crippen LogP) is 1.95. The number of amides is 1. The van der Waals surface area contributed by atoms with E-state index >= 15 is 0 Å². The Morgan fingerprint density at radius 2 is 2.27 bits per heavy atom. The minimum absolute atomic E-state index is 0.0751. The number of aromatic nitrogens is 1. The summed E-state index contributed by atoms with van der Waals surface area (Å²) in [6.07, 6.45) is 1.49. The van der Waals surface area contributed by atoms with Gasteiger partial charge in [-0.25, -0.2) is 4.98 Å². The van der Waals surface area contributed by atoms with E-state index in [4.69, 9.17) is 15.9 Å². The number of rotatable bonds is 2. The molecule has 22 heavy (non-hydrogen) atoms. The topological polar surface area (TPSA) is 131 Å². The number of anilines is 2. The van der Waals surface area contributed by atoms with Gasteiger partial charge in [0.2, 0.25) is 0 Å². The normalized spacial score (nSPS) is 10.5. The average molecular weight is 313 g/mol. The van der Waals surface area contributed by atoms with Gasteiger partial charge in [-0.05, 0) is 12.1 Å². The maximum absolute atomic E-state index is 11.9. The molecule has 0 aliphatic carbocycles. The molecule has 0 saturated carbocycles. The van der Waals surface area contributed by atoms with E-state index in [2.05, 4.69) is 10.3 Å². The molecule has 7 nitrogen and oxygen atoms in total. The van der Waals surface area contributed by atoms with E-state index in [0.717, 1.165) is 11.3 Å². The van der Waals surface area contributed by atoms with Gasteiger partial charge in [-0.3, -0.25) is 4.79 Å². The molecule has 3 aromatic rings. The van der Waals surface area contributed by atoms with Crippen molar-refractivity contribution in [2.24, 2.45) is 0 Å². The Morgan fingerprint density at radius 1 is 1.50 bits per heavy atom. The summed E-state index contributed by atoms with van der Waals surface area (Å²) in [6.45, 7) is 0. The zero-order valence-electron chi connectivity index (χ0n) is 11.5. The lowest BCUT2D eigenvalue weighted by Crippen LogP contribution is -2.17. The summed E-state index contributed by atoms with van der Waals surface area (Å²) in [5, 5.41) is 12.4. The van der Waals surface area contributed by atoms with Crippen LogP contribution in [0.25, 0.3) is 21.5 Å². The van der Waals surface area contributed by atoms with Crippen molar-refractivity contribution in [3.05, 3.63) is 28.8 Å². The maximum atomic E-state index is 11.9. The van der Waals surface area contributed by atoms with Gasteiger partial charge in [-0.2, -0.15) is 5.26 Å². The molecule has 0 radical (unpaired) electrons. The van der Waals surface area contributed by atoms with Crippen molar-refractivity contribution in [2.75, 3.05) is 18.5 Å². The van der Waals surface area contributed by atoms with Crippen LogP contribution in [-0.4, -0.2) is 17.9 Å². The molecule has 0 aliphatic heterocycles. The molecule has 3 rings (SSSR count). The number of nitrogens with two attached hydrogens (primary N) is 2. The van der Waals surface area contributed by atoms with Gasteiger partial charge in [-0.1, -0.05) is 0 Å². The number of nitriles is 1. The Kier molecular flexibility index (Phi) is 3.19. The fourth-order valence-corrected chi connectivity index (χ4v) is 3.29. The fourth-order valence-electron chi connectivity index (χ4n) is 2.23. The van der Waals surface area contributed by atoms with Crippen molar-refractivity contribution in [3.63, 3.8) is 0 Å². The van der Waals surface area contributed by atoms with Crippen LogP contribution in [0.4, 0.5) is 11.5 Å². The molecule has 0 aromatic carbocycles. The number of thiophene rings is 1. The lowest BCUT2D eigenvalue weighted by Gasteiger charge is -2.06. The monoisotopic (exact) mass is 313 g/mol. The largest absolute Gasteiger partial charge is 0.464 e. The summed E-state index contributed by atoms with van der Waals surface area (Å²) in [5.41, 5.74) is 12.9. The van der Waals surface area contributed by atoms with Crippen molar-refractivity contribution < 1.29 is 9.21 Å². The van der Waals surface area contributed by atoms with E-state index < -0.39 is 0 Å². The van der Waals surface area contributed by atoms with E-state index in [9.17, 15) is 10.1 Å². The Labute approximate surface area is 129 Å². The van der Waals surface area contributed by atoms with Crippen LogP contribution < -0.4 is 16.8 Å². The third-order valence-corrected chi connectivity index (χ3v) is 4.32. The van der Waals surface area contributed by atoms with Crippen LogP contribution in [0.2, 0.25) is 0 Å². The molecule has 3 heterocycles. The number of nitrogen functional groups attached to an aromatic ring is 2. The van der Waals surface area contributed by atoms with Gasteiger partial charge in [0.05, 0.1) is 17.5 Å². The summed E-state index contributed by atoms with van der Waals surface area (Å²) < 4.78 is 5.39. The van der Waals surface area contributed by atoms with Crippen molar-refractivity contribution in [1.82, 2.24) is 10.3 Å². The third kappa shape index (κ3) is 1.88. The number of hydrogen-bond donors (Lipinski definition) is 3. The van der Waals surface area contributed by atoms with Crippen molar-refractivity contribution >= 4 is 39.0 Å². The van der Waals surface area contributed by atoms with Crippen molar-refractivity contribution in [2.45, 2.75) is 0 Å². The number of fused-ring (bicyclic) bond motifs is 1. The van der Waals surface area contributed by atoms with Gasteiger partial charge in [0.1, 0.15) is 32.9 Å². The SMILES string of the molecule is CNC(=O)c1sc2nc(N)c(C#N)c(-c3ccco3)c2c1N. The summed E-state index contributed by atoms with van der Waals surface area (Å²) in [6, 6.07) is 5.42. The smallest absolute Gasteiger partial charge is 0.263 e. The molecule has 0 bridgehead atoms. The second-order valence-corrected chi connectivity index (χ2v) is 5.44. The van der Waals surface area contributed by atoms with Gasteiger partial charge in [-0.15, -0.1) is 11.3 Å². The predicted molar refractivity (Wildman–Crippen MR) is 84.3 cm³/mol. The summed E-state index contributed by atoms with van der Waals surface area (Å²) in [7, 11) is 1.52. The Bertz CT molecular complexity index is 921. The molecule has 3 aromatic heterocycles. The minimum atomic E-state index is -0.317. The number of furan rings is 1. The van der Waals surface area contributed by atoms with Crippen molar-refractivity contribution in [1.29, 1.82) is 5.26 Å².